The summed E-state index contributed by atoms with van der Waals surface area (Å²) in [6.07, 6.45) is 0.501. The van der Waals surface area contributed by atoms with Gasteiger partial charge in [0.15, 0.2) is 0 Å². The van der Waals surface area contributed by atoms with Crippen molar-refractivity contribution in [1.29, 1.82) is 0 Å². The lowest BCUT2D eigenvalue weighted by Gasteiger charge is -2.18. The van der Waals surface area contributed by atoms with E-state index in [4.69, 9.17) is 22.1 Å². The highest BCUT2D eigenvalue weighted by Gasteiger charge is 2.23. The fourth-order valence-corrected chi connectivity index (χ4v) is 1.92. The van der Waals surface area contributed by atoms with Crippen molar-refractivity contribution in [3.05, 3.63) is 28.8 Å². The van der Waals surface area contributed by atoms with Crippen LogP contribution in [0.2, 0.25) is 5.02 Å². The molecule has 1 aromatic rings. The summed E-state index contributed by atoms with van der Waals surface area (Å²) in [5.74, 6) is -0.606. The summed E-state index contributed by atoms with van der Waals surface area (Å²) >= 11 is 5.87. The van der Waals surface area contributed by atoms with Gasteiger partial charge in [0.1, 0.15) is 6.04 Å². The Balaban J connectivity index is 2.84. The van der Waals surface area contributed by atoms with Crippen molar-refractivity contribution < 1.29 is 14.3 Å². The summed E-state index contributed by atoms with van der Waals surface area (Å²) in [5.41, 5.74) is 6.34. The van der Waals surface area contributed by atoms with Gasteiger partial charge in [0.25, 0.3) is 5.91 Å². The van der Waals surface area contributed by atoms with Crippen molar-refractivity contribution in [2.45, 2.75) is 26.3 Å². The molecular formula is C14H19ClN2O3. The molecule has 1 aromatic carbocycles. The van der Waals surface area contributed by atoms with Gasteiger partial charge in [-0.2, -0.15) is 0 Å². The van der Waals surface area contributed by atoms with Crippen molar-refractivity contribution >= 4 is 29.2 Å². The zero-order valence-corrected chi connectivity index (χ0v) is 12.5. The van der Waals surface area contributed by atoms with Crippen LogP contribution in [0.25, 0.3) is 0 Å². The third kappa shape index (κ3) is 4.42. The number of nitrogen functional groups attached to an aromatic ring is 1. The van der Waals surface area contributed by atoms with Crippen LogP contribution in [0.15, 0.2) is 18.2 Å². The first-order valence-corrected chi connectivity index (χ1v) is 6.66. The molecule has 0 fully saturated rings. The number of hydrogen-bond acceptors (Lipinski definition) is 4. The van der Waals surface area contributed by atoms with E-state index in [9.17, 15) is 9.59 Å². The third-order valence-electron chi connectivity index (χ3n) is 2.76. The van der Waals surface area contributed by atoms with Crippen molar-refractivity contribution in [3.63, 3.8) is 0 Å². The molecule has 0 bridgehead atoms. The molecule has 0 saturated heterocycles. The van der Waals surface area contributed by atoms with Crippen LogP contribution in [-0.2, 0) is 9.53 Å². The third-order valence-corrected chi connectivity index (χ3v) is 3.09. The van der Waals surface area contributed by atoms with Crippen molar-refractivity contribution in [2.24, 2.45) is 5.92 Å². The number of benzene rings is 1. The van der Waals surface area contributed by atoms with E-state index in [2.05, 4.69) is 5.32 Å². The number of anilines is 1. The minimum atomic E-state index is -0.677. The van der Waals surface area contributed by atoms with E-state index in [-0.39, 0.29) is 11.8 Å². The Morgan fingerprint density at radius 2 is 2.05 bits per heavy atom. The monoisotopic (exact) mass is 298 g/mol. The van der Waals surface area contributed by atoms with Crippen LogP contribution in [0.4, 0.5) is 5.69 Å². The van der Waals surface area contributed by atoms with Crippen LogP contribution >= 0.6 is 11.6 Å². The Morgan fingerprint density at radius 3 is 2.55 bits per heavy atom. The quantitative estimate of drug-likeness (QED) is 0.645. The lowest BCUT2D eigenvalue weighted by atomic mass is 10.0. The fraction of sp³-hybridized carbons (Fsp3) is 0.429. The van der Waals surface area contributed by atoms with E-state index in [0.717, 1.165) is 0 Å². The number of amides is 1. The van der Waals surface area contributed by atoms with Crippen LogP contribution in [0.3, 0.4) is 0 Å². The Labute approximate surface area is 123 Å². The lowest BCUT2D eigenvalue weighted by molar-refractivity contribution is -0.143. The lowest BCUT2D eigenvalue weighted by Crippen LogP contribution is -2.42. The smallest absolute Gasteiger partial charge is 0.328 e. The first kappa shape index (κ1) is 16.3. The Hall–Kier alpha value is -1.75. The summed E-state index contributed by atoms with van der Waals surface area (Å²) in [6, 6.07) is 3.90. The van der Waals surface area contributed by atoms with Crippen molar-refractivity contribution in [2.75, 3.05) is 12.8 Å². The zero-order chi connectivity index (χ0) is 15.3. The SMILES string of the molecule is COC(=O)[C@H](CC(C)C)NC(=O)c1ccc(N)c(Cl)c1. The molecule has 0 aromatic heterocycles. The molecule has 0 spiro atoms. The molecule has 3 N–H and O–H groups in total. The van der Waals surface area contributed by atoms with E-state index >= 15 is 0 Å². The molecule has 5 nitrogen and oxygen atoms in total. The number of methoxy groups -OCH3 is 1. The summed E-state index contributed by atoms with van der Waals surface area (Å²) in [6.45, 7) is 3.92. The molecule has 1 atom stereocenters. The van der Waals surface area contributed by atoms with Crippen LogP contribution in [0.1, 0.15) is 30.6 Å². The summed E-state index contributed by atoms with van der Waals surface area (Å²) in [5, 5.41) is 2.95. The molecule has 0 heterocycles. The number of ether oxygens (including phenoxy) is 1. The number of rotatable bonds is 5. The summed E-state index contributed by atoms with van der Waals surface area (Å²) in [4.78, 5) is 23.8. The Morgan fingerprint density at radius 1 is 1.40 bits per heavy atom. The number of carbonyl (C=O) groups excluding carboxylic acids is 2. The minimum Gasteiger partial charge on any atom is -0.467 e. The molecular weight excluding hydrogens is 280 g/mol. The van der Waals surface area contributed by atoms with Gasteiger partial charge in [-0.1, -0.05) is 25.4 Å². The maximum atomic E-state index is 12.1. The molecule has 1 amide bonds. The molecule has 1 rings (SSSR count). The van der Waals surface area contributed by atoms with Crippen LogP contribution in [0, 0.1) is 5.92 Å². The minimum absolute atomic E-state index is 0.245. The van der Waals surface area contributed by atoms with Crippen LogP contribution in [-0.4, -0.2) is 25.0 Å². The van der Waals surface area contributed by atoms with E-state index in [1.165, 1.54) is 13.2 Å². The van der Waals surface area contributed by atoms with E-state index in [1.807, 2.05) is 13.8 Å². The molecule has 0 aliphatic heterocycles. The highest BCUT2D eigenvalue weighted by Crippen LogP contribution is 2.19. The highest BCUT2D eigenvalue weighted by molar-refractivity contribution is 6.33. The van der Waals surface area contributed by atoms with E-state index in [1.54, 1.807) is 12.1 Å². The molecule has 0 unspecified atom stereocenters. The van der Waals surface area contributed by atoms with Gasteiger partial charge in [0, 0.05) is 5.56 Å². The summed E-state index contributed by atoms with van der Waals surface area (Å²) in [7, 11) is 1.29. The normalized spacial score (nSPS) is 12.1. The molecule has 0 aliphatic carbocycles. The number of nitrogens with two attached hydrogens (primary N) is 1. The van der Waals surface area contributed by atoms with Crippen molar-refractivity contribution in [1.82, 2.24) is 5.32 Å². The van der Waals surface area contributed by atoms with Gasteiger partial charge in [-0.3, -0.25) is 4.79 Å². The van der Waals surface area contributed by atoms with Crippen LogP contribution in [0.5, 0.6) is 0 Å². The highest BCUT2D eigenvalue weighted by atomic mass is 35.5. The van der Waals surface area contributed by atoms with Crippen molar-refractivity contribution in [3.8, 4) is 0 Å². The second kappa shape index (κ2) is 7.14. The average molecular weight is 299 g/mol. The first-order chi connectivity index (χ1) is 9.35. The van der Waals surface area contributed by atoms with Gasteiger partial charge < -0.3 is 15.8 Å². The largest absolute Gasteiger partial charge is 0.467 e. The predicted molar refractivity (Wildman–Crippen MR) is 78.6 cm³/mol. The molecule has 0 radical (unpaired) electrons. The number of carbonyl (C=O) groups is 2. The molecule has 0 aliphatic rings. The van der Waals surface area contributed by atoms with Gasteiger partial charge in [0.2, 0.25) is 0 Å². The van der Waals surface area contributed by atoms with Gasteiger partial charge in [0.05, 0.1) is 17.8 Å². The maximum absolute atomic E-state index is 12.1. The first-order valence-electron chi connectivity index (χ1n) is 6.28. The summed E-state index contributed by atoms with van der Waals surface area (Å²) < 4.78 is 4.69. The van der Waals surface area contributed by atoms with Gasteiger partial charge >= 0.3 is 5.97 Å². The number of nitrogens with one attached hydrogen (secondary N) is 1. The molecule has 110 valence electrons. The number of esters is 1. The number of halogens is 1. The topological polar surface area (TPSA) is 81.4 Å². The second-order valence-electron chi connectivity index (χ2n) is 4.92. The molecule has 6 heteroatoms. The maximum Gasteiger partial charge on any atom is 0.328 e. The van der Waals surface area contributed by atoms with Crippen LogP contribution < -0.4 is 11.1 Å². The van der Waals surface area contributed by atoms with E-state index in [0.29, 0.717) is 22.7 Å². The van der Waals surface area contributed by atoms with E-state index < -0.39 is 12.0 Å². The van der Waals surface area contributed by atoms with Gasteiger partial charge in [-0.25, -0.2) is 4.79 Å². The average Bonchev–Trinajstić information content (AvgIpc) is 2.39. The standard InChI is InChI=1S/C14H19ClN2O3/c1-8(2)6-12(14(19)20-3)17-13(18)9-4-5-11(16)10(15)7-9/h4-5,7-8,12H,6,16H2,1-3H3,(H,17,18)/t12-/m0/s1. The zero-order valence-electron chi connectivity index (χ0n) is 11.8. The fourth-order valence-electron chi connectivity index (χ4n) is 1.74. The molecule has 20 heavy (non-hydrogen) atoms. The Kier molecular flexibility index (Phi) is 5.82. The second-order valence-corrected chi connectivity index (χ2v) is 5.32. The van der Waals surface area contributed by atoms with Gasteiger partial charge in [-0.05, 0) is 30.5 Å². The predicted octanol–water partition coefficient (Wildman–Crippen LogP) is 2.24. The van der Waals surface area contributed by atoms with Gasteiger partial charge in [-0.15, -0.1) is 0 Å². The number of hydrogen-bond donors (Lipinski definition) is 2. The Bertz CT molecular complexity index is 503. The molecule has 0 saturated carbocycles.